The number of thioether (sulfide) groups is 1. The molecule has 0 aromatic carbocycles. The molecule has 0 radical (unpaired) electrons. The average Bonchev–Trinajstić information content (AvgIpc) is 3.03. The molecule has 1 aliphatic carbocycles. The molecule has 17 heavy (non-hydrogen) atoms. The average molecular weight is 254 g/mol. The molecule has 2 bridgehead atoms. The lowest BCUT2D eigenvalue weighted by molar-refractivity contribution is -0.126. The van der Waals surface area contributed by atoms with Crippen LogP contribution in [-0.2, 0) is 4.79 Å². The fourth-order valence-electron chi connectivity index (χ4n) is 3.78. The van der Waals surface area contributed by atoms with Crippen molar-refractivity contribution in [3.05, 3.63) is 0 Å². The molecule has 3 aliphatic rings. The van der Waals surface area contributed by atoms with Gasteiger partial charge < -0.3 is 10.6 Å². The van der Waals surface area contributed by atoms with Gasteiger partial charge in [0, 0.05) is 23.4 Å². The van der Waals surface area contributed by atoms with Crippen molar-refractivity contribution in [2.75, 3.05) is 6.26 Å². The highest BCUT2D eigenvalue weighted by atomic mass is 32.2. The summed E-state index contributed by atoms with van der Waals surface area (Å²) in [5, 5.41) is 7.49. The van der Waals surface area contributed by atoms with Crippen molar-refractivity contribution in [1.29, 1.82) is 0 Å². The smallest absolute Gasteiger partial charge is 0.224 e. The lowest BCUT2D eigenvalue weighted by Gasteiger charge is -2.24. The van der Waals surface area contributed by atoms with E-state index >= 15 is 0 Å². The Bertz CT molecular complexity index is 310. The van der Waals surface area contributed by atoms with E-state index in [4.69, 9.17) is 0 Å². The monoisotopic (exact) mass is 254 g/mol. The fourth-order valence-corrected chi connectivity index (χ4v) is 4.71. The summed E-state index contributed by atoms with van der Waals surface area (Å²) in [7, 11) is 0. The third-order valence-electron chi connectivity index (χ3n) is 4.72. The fraction of sp³-hybridized carbons (Fsp3) is 0.923. The minimum atomic E-state index is 0.247. The molecule has 2 heterocycles. The van der Waals surface area contributed by atoms with Crippen molar-refractivity contribution in [3.8, 4) is 0 Å². The first-order valence-corrected chi connectivity index (χ1v) is 8.16. The topological polar surface area (TPSA) is 41.1 Å². The number of hydrogen-bond acceptors (Lipinski definition) is 3. The SMILES string of the molecule is CSC1CCCC1NC(=O)C1CC2CCC1N2. The number of nitrogens with one attached hydrogen (secondary N) is 2. The Balaban J connectivity index is 1.56. The van der Waals surface area contributed by atoms with E-state index in [1.54, 1.807) is 0 Å². The van der Waals surface area contributed by atoms with Crippen LogP contribution >= 0.6 is 11.8 Å². The Morgan fingerprint density at radius 2 is 2.18 bits per heavy atom. The quantitative estimate of drug-likeness (QED) is 0.802. The van der Waals surface area contributed by atoms with Gasteiger partial charge in [0.05, 0.1) is 5.92 Å². The summed E-state index contributed by atoms with van der Waals surface area (Å²) < 4.78 is 0. The number of carbonyl (C=O) groups is 1. The zero-order chi connectivity index (χ0) is 11.8. The van der Waals surface area contributed by atoms with Gasteiger partial charge in [0.15, 0.2) is 0 Å². The maximum absolute atomic E-state index is 12.3. The Labute approximate surface area is 107 Å². The minimum Gasteiger partial charge on any atom is -0.352 e. The molecule has 2 aliphatic heterocycles. The highest BCUT2D eigenvalue weighted by molar-refractivity contribution is 7.99. The Hall–Kier alpha value is -0.220. The van der Waals surface area contributed by atoms with Gasteiger partial charge >= 0.3 is 0 Å². The first kappa shape index (κ1) is 11.8. The highest BCUT2D eigenvalue weighted by Crippen LogP contribution is 2.34. The van der Waals surface area contributed by atoms with Crippen LogP contribution in [0.15, 0.2) is 0 Å². The van der Waals surface area contributed by atoms with E-state index in [0.29, 0.717) is 29.3 Å². The third kappa shape index (κ3) is 2.22. The second kappa shape index (κ2) is 4.81. The lowest BCUT2D eigenvalue weighted by atomic mass is 9.88. The molecular formula is C13H22N2OS. The maximum Gasteiger partial charge on any atom is 0.224 e. The van der Waals surface area contributed by atoms with Crippen molar-refractivity contribution in [2.24, 2.45) is 5.92 Å². The molecule has 0 spiro atoms. The van der Waals surface area contributed by atoms with E-state index in [2.05, 4.69) is 16.9 Å². The van der Waals surface area contributed by atoms with Crippen LogP contribution in [-0.4, -0.2) is 35.5 Å². The van der Waals surface area contributed by atoms with Crippen molar-refractivity contribution < 1.29 is 4.79 Å². The highest BCUT2D eigenvalue weighted by Gasteiger charge is 2.43. The van der Waals surface area contributed by atoms with Gasteiger partial charge in [-0.15, -0.1) is 0 Å². The molecule has 0 aromatic heterocycles. The number of fused-ring (bicyclic) bond motifs is 2. The summed E-state index contributed by atoms with van der Waals surface area (Å²) in [6.07, 6.45) is 9.39. The molecule has 0 aromatic rings. The van der Waals surface area contributed by atoms with Gasteiger partial charge in [-0.3, -0.25) is 4.79 Å². The second-order valence-electron chi connectivity index (χ2n) is 5.71. The van der Waals surface area contributed by atoms with Crippen LogP contribution in [0.4, 0.5) is 0 Å². The predicted octanol–water partition coefficient (Wildman–Crippen LogP) is 1.53. The summed E-state index contributed by atoms with van der Waals surface area (Å²) >= 11 is 1.91. The summed E-state index contributed by atoms with van der Waals surface area (Å²) in [6, 6.07) is 1.52. The molecule has 1 saturated carbocycles. The van der Waals surface area contributed by atoms with E-state index in [-0.39, 0.29) is 5.92 Å². The van der Waals surface area contributed by atoms with Gasteiger partial charge in [-0.2, -0.15) is 11.8 Å². The minimum absolute atomic E-state index is 0.247. The first-order valence-electron chi connectivity index (χ1n) is 6.87. The normalized spacial score (nSPS) is 44.2. The van der Waals surface area contributed by atoms with Gasteiger partial charge in [-0.1, -0.05) is 6.42 Å². The van der Waals surface area contributed by atoms with Crippen LogP contribution in [0.25, 0.3) is 0 Å². The van der Waals surface area contributed by atoms with E-state index in [0.717, 1.165) is 6.42 Å². The number of hydrogen-bond donors (Lipinski definition) is 2. The number of rotatable bonds is 3. The van der Waals surface area contributed by atoms with Gasteiger partial charge in [-0.25, -0.2) is 0 Å². The van der Waals surface area contributed by atoms with Crippen LogP contribution in [0.3, 0.4) is 0 Å². The summed E-state index contributed by atoms with van der Waals surface area (Å²) in [4.78, 5) is 12.3. The van der Waals surface area contributed by atoms with Crippen LogP contribution in [0, 0.1) is 5.92 Å². The van der Waals surface area contributed by atoms with Crippen LogP contribution in [0.5, 0.6) is 0 Å². The Kier molecular flexibility index (Phi) is 3.35. The van der Waals surface area contributed by atoms with Crippen molar-refractivity contribution >= 4 is 17.7 Å². The predicted molar refractivity (Wildman–Crippen MR) is 71.1 cm³/mol. The molecule has 5 unspecified atom stereocenters. The van der Waals surface area contributed by atoms with Gasteiger partial charge in [-0.05, 0) is 38.4 Å². The molecule has 3 fully saturated rings. The van der Waals surface area contributed by atoms with Gasteiger partial charge in [0.2, 0.25) is 5.91 Å². The largest absolute Gasteiger partial charge is 0.352 e. The molecule has 4 heteroatoms. The van der Waals surface area contributed by atoms with Gasteiger partial charge in [0.25, 0.3) is 0 Å². The zero-order valence-corrected chi connectivity index (χ0v) is 11.3. The number of carbonyl (C=O) groups excluding carboxylic acids is 1. The molecule has 3 rings (SSSR count). The van der Waals surface area contributed by atoms with Crippen molar-refractivity contribution in [3.63, 3.8) is 0 Å². The van der Waals surface area contributed by atoms with Crippen LogP contribution < -0.4 is 10.6 Å². The van der Waals surface area contributed by atoms with Crippen LogP contribution in [0.1, 0.15) is 38.5 Å². The molecule has 3 nitrogen and oxygen atoms in total. The van der Waals surface area contributed by atoms with Crippen molar-refractivity contribution in [1.82, 2.24) is 10.6 Å². The molecule has 2 saturated heterocycles. The lowest BCUT2D eigenvalue weighted by Crippen LogP contribution is -2.44. The zero-order valence-electron chi connectivity index (χ0n) is 10.4. The van der Waals surface area contributed by atoms with Crippen LogP contribution in [0.2, 0.25) is 0 Å². The summed E-state index contributed by atoms with van der Waals surface area (Å²) in [5.74, 6) is 0.563. The first-order chi connectivity index (χ1) is 8.28. The van der Waals surface area contributed by atoms with Gasteiger partial charge in [0.1, 0.15) is 0 Å². The molecule has 96 valence electrons. The van der Waals surface area contributed by atoms with E-state index < -0.39 is 0 Å². The number of amides is 1. The Morgan fingerprint density at radius 1 is 1.29 bits per heavy atom. The molecule has 2 N–H and O–H groups in total. The summed E-state index contributed by atoms with van der Waals surface area (Å²) in [5.41, 5.74) is 0. The molecule has 5 atom stereocenters. The molecular weight excluding hydrogens is 232 g/mol. The van der Waals surface area contributed by atoms with E-state index in [9.17, 15) is 4.79 Å². The maximum atomic E-state index is 12.3. The van der Waals surface area contributed by atoms with E-state index in [1.165, 1.54) is 32.1 Å². The molecule has 1 amide bonds. The van der Waals surface area contributed by atoms with Crippen molar-refractivity contribution in [2.45, 2.75) is 61.9 Å². The standard InChI is InChI=1S/C13H22N2OS/c1-17-12-4-2-3-11(12)15-13(16)9-7-8-5-6-10(9)14-8/h8-12,14H,2-7H2,1H3,(H,15,16). The second-order valence-corrected chi connectivity index (χ2v) is 6.79. The third-order valence-corrected chi connectivity index (χ3v) is 5.89. The van der Waals surface area contributed by atoms with E-state index in [1.807, 2.05) is 11.8 Å². The Morgan fingerprint density at radius 3 is 2.82 bits per heavy atom. The summed E-state index contributed by atoms with van der Waals surface area (Å²) in [6.45, 7) is 0.